The van der Waals surface area contributed by atoms with Gasteiger partial charge in [-0.05, 0) is 31.6 Å². The van der Waals surface area contributed by atoms with Crippen molar-refractivity contribution in [3.05, 3.63) is 21.7 Å². The second-order valence-electron chi connectivity index (χ2n) is 11.4. The smallest absolute Gasteiger partial charge is 0.393 e. The lowest BCUT2D eigenvalue weighted by atomic mass is 10.0. The van der Waals surface area contributed by atoms with Crippen molar-refractivity contribution in [2.24, 2.45) is 11.8 Å². The molecule has 3 N–H and O–H groups in total. The number of rotatable bonds is 16. The summed E-state index contributed by atoms with van der Waals surface area (Å²) in [7, 11) is -2.39. The monoisotopic (exact) mass is 666 g/mol. The molecular weight excluding hydrogens is 623 g/mol. The van der Waals surface area contributed by atoms with E-state index in [9.17, 15) is 19.6 Å². The summed E-state index contributed by atoms with van der Waals surface area (Å²) in [6.45, 7) is 11.5. The van der Waals surface area contributed by atoms with Crippen molar-refractivity contribution in [2.45, 2.75) is 78.9 Å². The Hall–Kier alpha value is -1.68. The van der Waals surface area contributed by atoms with Crippen molar-refractivity contribution in [2.75, 3.05) is 44.9 Å². The van der Waals surface area contributed by atoms with Crippen LogP contribution < -0.4 is 10.2 Å². The van der Waals surface area contributed by atoms with E-state index in [-0.39, 0.29) is 48.8 Å². The molecule has 1 aliphatic rings. The number of piperidine rings is 1. The number of phosphoric ester groups is 1. The van der Waals surface area contributed by atoms with Crippen LogP contribution in [0.5, 0.6) is 0 Å². The molecule has 3 heterocycles. The Bertz CT molecular complexity index is 1240. The van der Waals surface area contributed by atoms with Crippen LogP contribution in [0.4, 0.5) is 5.13 Å². The quantitative estimate of drug-likeness (QED) is 0.223. The van der Waals surface area contributed by atoms with E-state index < -0.39 is 32.0 Å². The first kappa shape index (κ1) is 35.8. The molecular formula is C26H44ClN6O8PS. The zero-order valence-corrected chi connectivity index (χ0v) is 28.2. The first-order chi connectivity index (χ1) is 20.2. The number of nitrogens with zero attached hydrogens (tertiary/aromatic N) is 5. The van der Waals surface area contributed by atoms with Crippen LogP contribution in [0.25, 0.3) is 0 Å². The Labute approximate surface area is 261 Å². The molecule has 0 aromatic carbocycles. The molecule has 43 heavy (non-hydrogen) atoms. The molecule has 3 atom stereocenters. The second kappa shape index (κ2) is 15.5. The molecule has 2 aromatic heterocycles. The zero-order chi connectivity index (χ0) is 31.9. The van der Waals surface area contributed by atoms with Gasteiger partial charge in [0.15, 0.2) is 10.2 Å². The van der Waals surface area contributed by atoms with Crippen molar-refractivity contribution >= 4 is 41.8 Å². The molecule has 1 saturated heterocycles. The molecule has 17 heteroatoms. The summed E-state index contributed by atoms with van der Waals surface area (Å²) in [6.07, 6.45) is 0.555. The molecule has 1 fully saturated rings. The highest BCUT2D eigenvalue weighted by Crippen LogP contribution is 2.50. The predicted octanol–water partition coefficient (Wildman–Crippen LogP) is 3.60. The molecule has 2 aromatic rings. The Morgan fingerprint density at radius 1 is 1.21 bits per heavy atom. The van der Waals surface area contributed by atoms with Crippen LogP contribution in [-0.4, -0.2) is 88.0 Å². The van der Waals surface area contributed by atoms with Crippen molar-refractivity contribution in [3.63, 3.8) is 0 Å². The highest BCUT2D eigenvalue weighted by molar-refractivity contribution is 7.48. The lowest BCUT2D eigenvalue weighted by Crippen LogP contribution is -2.55. The summed E-state index contributed by atoms with van der Waals surface area (Å²) in [5, 5.41) is 32.0. The molecule has 14 nitrogen and oxygen atoms in total. The number of hydrogen-bond acceptors (Lipinski definition) is 13. The number of methoxy groups -OCH3 is 1. The number of anilines is 1. The maximum atomic E-state index is 13.5. The lowest BCUT2D eigenvalue weighted by molar-refractivity contribution is -0.00295. The number of hydrogen-bond donors (Lipinski definition) is 3. The van der Waals surface area contributed by atoms with Gasteiger partial charge in [-0.25, -0.2) is 9.55 Å². The normalized spacial score (nSPS) is 19.3. The molecule has 244 valence electrons. The fourth-order valence-corrected chi connectivity index (χ4v) is 6.86. The highest BCUT2D eigenvalue weighted by atomic mass is 35.5. The number of nitrogens with one attached hydrogen (secondary N) is 1. The van der Waals surface area contributed by atoms with Crippen molar-refractivity contribution in [3.8, 4) is 0 Å². The maximum Gasteiger partial charge on any atom is 0.476 e. The van der Waals surface area contributed by atoms with Gasteiger partial charge in [0.2, 0.25) is 11.0 Å². The van der Waals surface area contributed by atoms with Gasteiger partial charge in [-0.3, -0.25) is 22.9 Å². The number of imidazole rings is 1. The lowest BCUT2D eigenvalue weighted by Gasteiger charge is -2.37. The van der Waals surface area contributed by atoms with Gasteiger partial charge in [-0.15, -0.1) is 10.2 Å². The van der Waals surface area contributed by atoms with E-state index in [1.54, 1.807) is 7.11 Å². The number of aromatic nitrogens is 4. The van der Waals surface area contributed by atoms with Crippen LogP contribution in [0.15, 0.2) is 0 Å². The predicted molar refractivity (Wildman–Crippen MR) is 162 cm³/mol. The van der Waals surface area contributed by atoms with Gasteiger partial charge in [0.05, 0.1) is 37.7 Å². The topological polar surface area (TPSA) is 170 Å². The van der Waals surface area contributed by atoms with Gasteiger partial charge >= 0.3 is 7.82 Å². The van der Waals surface area contributed by atoms with Crippen molar-refractivity contribution in [1.82, 2.24) is 25.1 Å². The Morgan fingerprint density at radius 2 is 1.86 bits per heavy atom. The molecule has 0 spiro atoms. The van der Waals surface area contributed by atoms with E-state index in [2.05, 4.69) is 20.5 Å². The summed E-state index contributed by atoms with van der Waals surface area (Å²) >= 11 is 7.59. The molecule has 0 aliphatic carbocycles. The number of carbonyl (C=O) groups excluding carboxylic acids is 1. The minimum Gasteiger partial charge on any atom is -0.393 e. The van der Waals surface area contributed by atoms with Gasteiger partial charge in [0.1, 0.15) is 12.3 Å². The summed E-state index contributed by atoms with van der Waals surface area (Å²) in [5.74, 6) is -0.305. The van der Waals surface area contributed by atoms with Gasteiger partial charge in [0.25, 0.3) is 5.91 Å². The number of amides is 1. The Kier molecular flexibility index (Phi) is 12.9. The molecule has 3 rings (SSSR count). The van der Waals surface area contributed by atoms with Gasteiger partial charge in [-0.2, -0.15) is 0 Å². The summed E-state index contributed by atoms with van der Waals surface area (Å²) in [5.41, 5.74) is -0.947. The van der Waals surface area contributed by atoms with Crippen LogP contribution in [-0.2, 0) is 41.6 Å². The third-order valence-electron chi connectivity index (χ3n) is 6.67. The zero-order valence-electron chi connectivity index (χ0n) is 25.8. The van der Waals surface area contributed by atoms with E-state index in [0.29, 0.717) is 41.8 Å². The van der Waals surface area contributed by atoms with E-state index in [0.717, 1.165) is 0 Å². The number of ether oxygens (including phenoxy) is 1. The Morgan fingerprint density at radius 3 is 2.42 bits per heavy atom. The van der Waals surface area contributed by atoms with Gasteiger partial charge < -0.3 is 25.2 Å². The van der Waals surface area contributed by atoms with E-state index in [4.69, 9.17) is 29.9 Å². The molecule has 1 amide bonds. The van der Waals surface area contributed by atoms with Crippen LogP contribution in [0.3, 0.4) is 0 Å². The number of halogens is 1. The van der Waals surface area contributed by atoms with Crippen LogP contribution >= 0.6 is 30.8 Å². The fraction of sp³-hybridized carbons (Fsp3) is 0.769. The molecule has 0 bridgehead atoms. The fourth-order valence-electron chi connectivity index (χ4n) is 4.18. The average Bonchev–Trinajstić information content (AvgIpc) is 3.59. The summed E-state index contributed by atoms with van der Waals surface area (Å²) < 4.78 is 37.4. The SMILES string of the molecule is CCc1c(Cl)nc(C(=O)N[C@@H]2CCN(c3nnc(C(C)(O)CO)s3)C[C@@H]2OC)n1COP(=O)(OCC(C)C)OCC(C)C. The highest BCUT2D eigenvalue weighted by Gasteiger charge is 2.35. The number of aliphatic hydroxyl groups excluding tert-OH is 1. The van der Waals surface area contributed by atoms with E-state index in [1.807, 2.05) is 39.5 Å². The van der Waals surface area contributed by atoms with Crippen molar-refractivity contribution < 1.29 is 37.9 Å². The van der Waals surface area contributed by atoms with Crippen LogP contribution in [0.2, 0.25) is 5.15 Å². The third-order valence-corrected chi connectivity index (χ3v) is 9.57. The number of phosphoric acid groups is 1. The maximum absolute atomic E-state index is 13.5. The van der Waals surface area contributed by atoms with Crippen LogP contribution in [0, 0.1) is 11.8 Å². The first-order valence-electron chi connectivity index (χ1n) is 14.3. The van der Waals surface area contributed by atoms with Gasteiger partial charge in [0, 0.05) is 20.2 Å². The minimum atomic E-state index is -3.95. The molecule has 0 radical (unpaired) electrons. The number of aliphatic hydroxyl groups is 2. The third kappa shape index (κ3) is 9.41. The van der Waals surface area contributed by atoms with Crippen LogP contribution in [0.1, 0.15) is 69.3 Å². The number of carbonyl (C=O) groups is 1. The minimum absolute atomic E-state index is 0.00148. The molecule has 0 saturated carbocycles. The average molecular weight is 667 g/mol. The summed E-state index contributed by atoms with van der Waals surface area (Å²) in [4.78, 5) is 19.8. The van der Waals surface area contributed by atoms with E-state index >= 15 is 0 Å². The van der Waals surface area contributed by atoms with Crippen molar-refractivity contribution in [1.29, 1.82) is 0 Å². The first-order valence-corrected chi connectivity index (χ1v) is 16.9. The standard InChI is InChI=1S/C26H44ClN6O8PS/c1-8-19-21(27)29-22(33(19)15-41-42(37,39-12-16(2)3)40-13-17(4)5)23(35)28-18-9-10-32(11-20(18)38-7)25-31-30-24(43-25)26(6,36)14-34/h16-18,20,34,36H,8-15H2,1-7H3,(H,28,35)/t18-,20+,26?/m1/s1. The second-order valence-corrected chi connectivity index (χ2v) is 14.4. The largest absolute Gasteiger partial charge is 0.476 e. The van der Waals surface area contributed by atoms with Gasteiger partial charge in [-0.1, -0.05) is 57.6 Å². The molecule has 1 unspecified atom stereocenters. The molecule has 1 aliphatic heterocycles. The Balaban J connectivity index is 1.74. The summed E-state index contributed by atoms with van der Waals surface area (Å²) in [6, 6.07) is -0.369. The van der Waals surface area contributed by atoms with E-state index in [1.165, 1.54) is 22.8 Å².